The highest BCUT2D eigenvalue weighted by atomic mass is 35.5. The second-order valence-electron chi connectivity index (χ2n) is 6.20. The Morgan fingerprint density at radius 1 is 1.28 bits per heavy atom. The third-order valence-corrected chi connectivity index (χ3v) is 4.96. The molecule has 1 aliphatic rings. The molecule has 0 bridgehead atoms. The van der Waals surface area contributed by atoms with E-state index in [2.05, 4.69) is 9.97 Å². The van der Waals surface area contributed by atoms with Crippen molar-refractivity contribution in [2.45, 2.75) is 18.8 Å². The lowest BCUT2D eigenvalue weighted by molar-refractivity contribution is -0.150. The van der Waals surface area contributed by atoms with Crippen molar-refractivity contribution in [3.63, 3.8) is 0 Å². The number of aliphatic hydroxyl groups excluding tert-OH is 1. The Morgan fingerprint density at radius 2 is 2.04 bits per heavy atom. The van der Waals surface area contributed by atoms with Gasteiger partial charge in [-0.15, -0.1) is 0 Å². The lowest BCUT2D eigenvalue weighted by Gasteiger charge is -2.27. The second kappa shape index (κ2) is 6.07. The summed E-state index contributed by atoms with van der Waals surface area (Å²) in [5, 5.41) is 12.3. The summed E-state index contributed by atoms with van der Waals surface area (Å²) < 4.78 is 13.5. The van der Waals surface area contributed by atoms with E-state index in [1.807, 2.05) is 30.8 Å². The molecule has 1 N–H and O–H groups in total. The Morgan fingerprint density at radius 3 is 2.80 bits per heavy atom. The van der Waals surface area contributed by atoms with Gasteiger partial charge in [0, 0.05) is 53.9 Å². The molecule has 7 heteroatoms. The van der Waals surface area contributed by atoms with E-state index in [4.69, 9.17) is 21.1 Å². The molecule has 0 spiro atoms. The fourth-order valence-electron chi connectivity index (χ4n) is 3.41. The van der Waals surface area contributed by atoms with Crippen LogP contribution in [-0.4, -0.2) is 32.9 Å². The summed E-state index contributed by atoms with van der Waals surface area (Å²) in [6.07, 6.45) is 5.95. The van der Waals surface area contributed by atoms with Crippen molar-refractivity contribution in [2.24, 2.45) is 7.05 Å². The molecular formula is C18H18ClN3O3. The average molecular weight is 360 g/mol. The van der Waals surface area contributed by atoms with E-state index in [0.29, 0.717) is 29.9 Å². The topological polar surface area (TPSA) is 69.4 Å². The number of pyridine rings is 2. The van der Waals surface area contributed by atoms with Gasteiger partial charge in [0.2, 0.25) is 0 Å². The first-order valence-corrected chi connectivity index (χ1v) is 8.39. The van der Waals surface area contributed by atoms with E-state index in [0.717, 1.165) is 10.9 Å². The van der Waals surface area contributed by atoms with Crippen LogP contribution in [0.1, 0.15) is 29.7 Å². The molecule has 1 aliphatic heterocycles. The van der Waals surface area contributed by atoms with Gasteiger partial charge in [0.15, 0.2) is 5.79 Å². The molecule has 6 nitrogen and oxygen atoms in total. The highest BCUT2D eigenvalue weighted by Gasteiger charge is 2.38. The maximum absolute atomic E-state index is 11.2. The Labute approximate surface area is 150 Å². The average Bonchev–Trinajstić information content (AvgIpc) is 3.19. The van der Waals surface area contributed by atoms with Crippen molar-refractivity contribution < 1.29 is 14.6 Å². The van der Waals surface area contributed by atoms with Gasteiger partial charge in [-0.25, -0.2) is 4.98 Å². The minimum absolute atomic E-state index is 0.228. The number of rotatable bonds is 3. The third-order valence-electron chi connectivity index (χ3n) is 4.66. The molecule has 3 aromatic rings. The SMILES string of the molecule is Cn1cc(C(O)c2c(C3(C)OCCO3)ccnc2Cl)c2cnccc21. The van der Waals surface area contributed by atoms with E-state index in [1.165, 1.54) is 0 Å². The molecule has 0 saturated carbocycles. The van der Waals surface area contributed by atoms with Gasteiger partial charge in [-0.1, -0.05) is 11.6 Å². The monoisotopic (exact) mass is 359 g/mol. The highest BCUT2D eigenvalue weighted by molar-refractivity contribution is 6.30. The molecule has 1 saturated heterocycles. The first-order chi connectivity index (χ1) is 12.0. The van der Waals surface area contributed by atoms with E-state index in [-0.39, 0.29) is 5.15 Å². The maximum atomic E-state index is 11.2. The number of aromatic nitrogens is 3. The fraction of sp³-hybridized carbons (Fsp3) is 0.333. The van der Waals surface area contributed by atoms with Crippen LogP contribution in [0.25, 0.3) is 10.9 Å². The first-order valence-electron chi connectivity index (χ1n) is 8.01. The molecule has 0 aromatic carbocycles. The molecule has 3 aromatic heterocycles. The number of fused-ring (bicyclic) bond motifs is 1. The van der Waals surface area contributed by atoms with Crippen LogP contribution in [0.5, 0.6) is 0 Å². The Hall–Kier alpha value is -1.99. The molecular weight excluding hydrogens is 342 g/mol. The van der Waals surface area contributed by atoms with Crippen molar-refractivity contribution in [2.75, 3.05) is 13.2 Å². The first kappa shape index (κ1) is 16.5. The minimum atomic E-state index is -0.978. The van der Waals surface area contributed by atoms with Gasteiger partial charge in [0.1, 0.15) is 11.3 Å². The summed E-state index contributed by atoms with van der Waals surface area (Å²) in [5.41, 5.74) is 2.86. The van der Waals surface area contributed by atoms with E-state index in [1.54, 1.807) is 24.7 Å². The molecule has 0 radical (unpaired) electrons. The molecule has 4 heterocycles. The van der Waals surface area contributed by atoms with Crippen LogP contribution in [0.15, 0.2) is 36.9 Å². The largest absolute Gasteiger partial charge is 0.383 e. The number of ether oxygens (including phenoxy) is 2. The normalized spacial score (nSPS) is 17.9. The zero-order valence-corrected chi connectivity index (χ0v) is 14.7. The summed E-state index contributed by atoms with van der Waals surface area (Å²) in [6.45, 7) is 2.81. The summed E-state index contributed by atoms with van der Waals surface area (Å²) >= 11 is 6.37. The number of hydrogen-bond acceptors (Lipinski definition) is 5. The summed E-state index contributed by atoms with van der Waals surface area (Å²) in [5.74, 6) is -0.953. The van der Waals surface area contributed by atoms with Crippen LogP contribution in [0.3, 0.4) is 0 Å². The van der Waals surface area contributed by atoms with Crippen LogP contribution in [0.2, 0.25) is 5.15 Å². The molecule has 0 amide bonds. The molecule has 1 fully saturated rings. The van der Waals surface area contributed by atoms with Gasteiger partial charge in [-0.3, -0.25) is 4.98 Å². The quantitative estimate of drug-likeness (QED) is 0.728. The van der Waals surface area contributed by atoms with Crippen molar-refractivity contribution in [3.8, 4) is 0 Å². The van der Waals surface area contributed by atoms with Crippen molar-refractivity contribution in [1.82, 2.24) is 14.5 Å². The van der Waals surface area contributed by atoms with Gasteiger partial charge < -0.3 is 19.1 Å². The van der Waals surface area contributed by atoms with Crippen molar-refractivity contribution in [1.29, 1.82) is 0 Å². The van der Waals surface area contributed by atoms with Crippen LogP contribution in [0.4, 0.5) is 0 Å². The second-order valence-corrected chi connectivity index (χ2v) is 6.55. The number of aryl methyl sites for hydroxylation is 1. The molecule has 25 heavy (non-hydrogen) atoms. The predicted molar refractivity (Wildman–Crippen MR) is 93.3 cm³/mol. The summed E-state index contributed by atoms with van der Waals surface area (Å²) in [7, 11) is 1.93. The molecule has 1 unspecified atom stereocenters. The zero-order valence-electron chi connectivity index (χ0n) is 13.9. The van der Waals surface area contributed by atoms with Crippen LogP contribution in [0, 0.1) is 0 Å². The number of hydrogen-bond donors (Lipinski definition) is 1. The van der Waals surface area contributed by atoms with Gasteiger partial charge >= 0.3 is 0 Å². The highest BCUT2D eigenvalue weighted by Crippen LogP contribution is 2.41. The summed E-state index contributed by atoms with van der Waals surface area (Å²) in [4.78, 5) is 8.32. The van der Waals surface area contributed by atoms with Crippen molar-refractivity contribution in [3.05, 3.63) is 58.8 Å². The minimum Gasteiger partial charge on any atom is -0.383 e. The van der Waals surface area contributed by atoms with E-state index < -0.39 is 11.9 Å². The Kier molecular flexibility index (Phi) is 4.00. The molecule has 1 atom stereocenters. The van der Waals surface area contributed by atoms with E-state index in [9.17, 15) is 5.11 Å². The number of aliphatic hydroxyl groups is 1. The van der Waals surface area contributed by atoms with Gasteiger partial charge in [-0.05, 0) is 19.1 Å². The van der Waals surface area contributed by atoms with Crippen LogP contribution < -0.4 is 0 Å². The van der Waals surface area contributed by atoms with Crippen LogP contribution in [-0.2, 0) is 22.3 Å². The number of nitrogens with zero attached hydrogens (tertiary/aromatic N) is 3. The van der Waals surface area contributed by atoms with E-state index >= 15 is 0 Å². The summed E-state index contributed by atoms with van der Waals surface area (Å²) in [6, 6.07) is 3.68. The van der Waals surface area contributed by atoms with Gasteiger partial charge in [-0.2, -0.15) is 0 Å². The zero-order chi connectivity index (χ0) is 17.6. The molecule has 4 rings (SSSR count). The maximum Gasteiger partial charge on any atom is 0.192 e. The van der Waals surface area contributed by atoms with Crippen molar-refractivity contribution >= 4 is 22.5 Å². The van der Waals surface area contributed by atoms with Crippen LogP contribution >= 0.6 is 11.6 Å². The lowest BCUT2D eigenvalue weighted by atomic mass is 9.94. The van der Waals surface area contributed by atoms with Gasteiger partial charge in [0.05, 0.1) is 18.7 Å². The fourth-order valence-corrected chi connectivity index (χ4v) is 3.67. The van der Waals surface area contributed by atoms with Gasteiger partial charge in [0.25, 0.3) is 0 Å². The Bertz CT molecular complexity index is 934. The molecule has 0 aliphatic carbocycles. The lowest BCUT2D eigenvalue weighted by Crippen LogP contribution is -2.25. The molecule has 130 valence electrons. The third kappa shape index (κ3) is 2.62. The smallest absolute Gasteiger partial charge is 0.192 e. The predicted octanol–water partition coefficient (Wildman–Crippen LogP) is 2.92. The number of halogens is 1. The standard InChI is InChI=1S/C18H18ClN3O3/c1-18(24-7-8-25-18)13-3-6-21-17(19)15(13)16(23)12-10-22(2)14-4-5-20-9-11(12)14/h3-6,9-10,16,23H,7-8H2,1-2H3. The Balaban J connectivity index is 1.89.